The third-order valence-electron chi connectivity index (χ3n) is 1.86. The summed E-state index contributed by atoms with van der Waals surface area (Å²) in [7, 11) is 0. The Morgan fingerprint density at radius 3 is 2.80 bits per heavy atom. The van der Waals surface area contributed by atoms with Crippen molar-refractivity contribution in [3.8, 4) is 0 Å². The average Bonchev–Trinajstić information content (AvgIpc) is 2.80. The van der Waals surface area contributed by atoms with E-state index in [4.69, 9.17) is 4.42 Å². The number of aromatic nitrogens is 2. The van der Waals surface area contributed by atoms with Crippen molar-refractivity contribution in [1.82, 2.24) is 9.55 Å². The Bertz CT molecular complexity index is 490. The van der Waals surface area contributed by atoms with Crippen molar-refractivity contribution in [1.29, 1.82) is 0 Å². The smallest absolute Gasteiger partial charge is 0.185 e. The van der Waals surface area contributed by atoms with Crippen LogP contribution < -0.4 is 0 Å². The molecule has 6 heteroatoms. The van der Waals surface area contributed by atoms with Crippen LogP contribution >= 0.6 is 45.2 Å². The SMILES string of the molecule is O=Cc1ccc(Cn2cnc(I)c2I)o1. The van der Waals surface area contributed by atoms with Crippen LogP contribution in [0.15, 0.2) is 22.9 Å². The Morgan fingerprint density at radius 2 is 2.27 bits per heavy atom. The molecule has 0 bridgehead atoms. The fourth-order valence-electron chi connectivity index (χ4n) is 1.16. The predicted octanol–water partition coefficient (Wildman–Crippen LogP) is 2.55. The van der Waals surface area contributed by atoms with Crippen molar-refractivity contribution in [2.45, 2.75) is 6.54 Å². The highest BCUT2D eigenvalue weighted by Crippen LogP contribution is 2.15. The largest absolute Gasteiger partial charge is 0.456 e. The van der Waals surface area contributed by atoms with Gasteiger partial charge in [0.2, 0.25) is 0 Å². The Balaban J connectivity index is 2.21. The zero-order chi connectivity index (χ0) is 10.8. The highest BCUT2D eigenvalue weighted by atomic mass is 127. The van der Waals surface area contributed by atoms with Crippen molar-refractivity contribution >= 4 is 51.5 Å². The lowest BCUT2D eigenvalue weighted by Gasteiger charge is -2.00. The second kappa shape index (κ2) is 4.64. The summed E-state index contributed by atoms with van der Waals surface area (Å²) in [5.41, 5.74) is 0. The monoisotopic (exact) mass is 428 g/mol. The van der Waals surface area contributed by atoms with Crippen molar-refractivity contribution in [2.75, 3.05) is 0 Å². The van der Waals surface area contributed by atoms with E-state index < -0.39 is 0 Å². The number of imidazole rings is 1. The van der Waals surface area contributed by atoms with Gasteiger partial charge in [0.25, 0.3) is 0 Å². The maximum Gasteiger partial charge on any atom is 0.185 e. The van der Waals surface area contributed by atoms with Gasteiger partial charge >= 0.3 is 0 Å². The molecule has 0 aliphatic heterocycles. The zero-order valence-electron chi connectivity index (χ0n) is 7.48. The molecular weight excluding hydrogens is 422 g/mol. The van der Waals surface area contributed by atoms with Crippen LogP contribution in [0.3, 0.4) is 0 Å². The zero-order valence-corrected chi connectivity index (χ0v) is 11.8. The number of furan rings is 1. The van der Waals surface area contributed by atoms with Crippen LogP contribution in [0.5, 0.6) is 0 Å². The number of carbonyl (C=O) groups is 1. The van der Waals surface area contributed by atoms with E-state index in [2.05, 4.69) is 50.2 Å². The standard InChI is InChI=1S/C9H6I2N2O2/c10-8-9(11)13(5-12-8)3-6-1-2-7(4-14)15-6/h1-2,4-5H,3H2. The maximum atomic E-state index is 10.4. The molecule has 0 aliphatic rings. The van der Waals surface area contributed by atoms with E-state index in [0.29, 0.717) is 18.6 Å². The van der Waals surface area contributed by atoms with Crippen molar-refractivity contribution in [3.05, 3.63) is 37.4 Å². The lowest BCUT2D eigenvalue weighted by atomic mass is 10.4. The first-order valence-electron chi connectivity index (χ1n) is 4.10. The highest BCUT2D eigenvalue weighted by molar-refractivity contribution is 14.1. The molecule has 78 valence electrons. The first kappa shape index (κ1) is 11.1. The van der Waals surface area contributed by atoms with Gasteiger partial charge in [-0.1, -0.05) is 0 Å². The van der Waals surface area contributed by atoms with E-state index in [0.717, 1.165) is 13.2 Å². The molecule has 0 amide bonds. The number of rotatable bonds is 3. The van der Waals surface area contributed by atoms with Crippen LogP contribution in [0, 0.1) is 7.40 Å². The summed E-state index contributed by atoms with van der Waals surface area (Å²) in [6.07, 6.45) is 2.46. The first-order valence-corrected chi connectivity index (χ1v) is 6.26. The molecule has 2 rings (SSSR count). The predicted molar refractivity (Wildman–Crippen MR) is 70.9 cm³/mol. The summed E-state index contributed by atoms with van der Waals surface area (Å²) in [6, 6.07) is 3.46. The first-order chi connectivity index (χ1) is 7.20. The molecule has 2 heterocycles. The fraction of sp³-hybridized carbons (Fsp3) is 0.111. The van der Waals surface area contributed by atoms with Crippen molar-refractivity contribution < 1.29 is 9.21 Å². The van der Waals surface area contributed by atoms with E-state index in [9.17, 15) is 4.79 Å². The fourth-order valence-corrected chi connectivity index (χ4v) is 2.03. The van der Waals surface area contributed by atoms with Gasteiger partial charge in [0.1, 0.15) is 13.2 Å². The minimum Gasteiger partial charge on any atom is -0.456 e. The minimum absolute atomic E-state index is 0.356. The van der Waals surface area contributed by atoms with Gasteiger partial charge in [-0.3, -0.25) is 4.79 Å². The molecule has 0 saturated heterocycles. The maximum absolute atomic E-state index is 10.4. The lowest BCUT2D eigenvalue weighted by molar-refractivity contribution is 0.109. The van der Waals surface area contributed by atoms with Gasteiger partial charge in [-0.05, 0) is 57.3 Å². The number of aldehydes is 1. The summed E-state index contributed by atoms with van der Waals surface area (Å²) in [4.78, 5) is 14.6. The van der Waals surface area contributed by atoms with Crippen LogP contribution in [0.4, 0.5) is 0 Å². The van der Waals surface area contributed by atoms with E-state index in [1.807, 2.05) is 4.57 Å². The van der Waals surface area contributed by atoms with Gasteiger partial charge in [0.15, 0.2) is 12.0 Å². The Kier molecular flexibility index (Phi) is 3.44. The second-order valence-electron chi connectivity index (χ2n) is 2.88. The molecule has 0 radical (unpaired) electrons. The highest BCUT2D eigenvalue weighted by Gasteiger charge is 2.07. The molecule has 15 heavy (non-hydrogen) atoms. The molecule has 2 aromatic rings. The number of halogens is 2. The number of hydrogen-bond acceptors (Lipinski definition) is 3. The van der Waals surface area contributed by atoms with Crippen LogP contribution in [-0.2, 0) is 6.54 Å². The summed E-state index contributed by atoms with van der Waals surface area (Å²) < 4.78 is 9.28. The molecule has 0 saturated carbocycles. The van der Waals surface area contributed by atoms with Gasteiger partial charge in [0, 0.05) is 0 Å². The third kappa shape index (κ3) is 2.41. The normalized spacial score (nSPS) is 10.5. The second-order valence-corrected chi connectivity index (χ2v) is 4.92. The lowest BCUT2D eigenvalue weighted by Crippen LogP contribution is -1.99. The molecule has 0 N–H and O–H groups in total. The van der Waals surface area contributed by atoms with E-state index in [1.165, 1.54) is 0 Å². The van der Waals surface area contributed by atoms with Crippen molar-refractivity contribution in [2.24, 2.45) is 0 Å². The topological polar surface area (TPSA) is 48.0 Å². The van der Waals surface area contributed by atoms with E-state index in [1.54, 1.807) is 18.5 Å². The minimum atomic E-state index is 0.356. The van der Waals surface area contributed by atoms with Crippen LogP contribution in [0.2, 0.25) is 0 Å². The molecule has 0 unspecified atom stereocenters. The van der Waals surface area contributed by atoms with Gasteiger partial charge in [-0.25, -0.2) is 4.98 Å². The molecule has 0 aliphatic carbocycles. The molecule has 0 fully saturated rings. The Morgan fingerprint density at radius 1 is 1.47 bits per heavy atom. The summed E-state index contributed by atoms with van der Waals surface area (Å²) in [5.74, 6) is 1.11. The van der Waals surface area contributed by atoms with E-state index >= 15 is 0 Å². The van der Waals surface area contributed by atoms with Crippen LogP contribution in [0.25, 0.3) is 0 Å². The number of carbonyl (C=O) groups excluding carboxylic acids is 1. The molecule has 0 spiro atoms. The van der Waals surface area contributed by atoms with Gasteiger partial charge in [-0.2, -0.15) is 0 Å². The Labute approximate surface area is 113 Å². The molecule has 0 aromatic carbocycles. The molecule has 2 aromatic heterocycles. The van der Waals surface area contributed by atoms with E-state index in [-0.39, 0.29) is 0 Å². The average molecular weight is 428 g/mol. The van der Waals surface area contributed by atoms with Crippen LogP contribution in [-0.4, -0.2) is 15.8 Å². The molecular formula is C9H6I2N2O2. The third-order valence-corrected chi connectivity index (χ3v) is 4.81. The summed E-state index contributed by atoms with van der Waals surface area (Å²) in [6.45, 7) is 0.599. The van der Waals surface area contributed by atoms with Gasteiger partial charge in [-0.15, -0.1) is 0 Å². The van der Waals surface area contributed by atoms with Crippen molar-refractivity contribution in [3.63, 3.8) is 0 Å². The quantitative estimate of drug-likeness (QED) is 0.558. The van der Waals surface area contributed by atoms with Gasteiger partial charge in [0.05, 0.1) is 12.9 Å². The van der Waals surface area contributed by atoms with Gasteiger partial charge < -0.3 is 8.98 Å². The number of nitrogens with zero attached hydrogens (tertiary/aromatic N) is 2. The molecule has 4 nitrogen and oxygen atoms in total. The molecule has 0 atom stereocenters. The summed E-state index contributed by atoms with van der Waals surface area (Å²) >= 11 is 4.40. The number of hydrogen-bond donors (Lipinski definition) is 0. The van der Waals surface area contributed by atoms with Crippen LogP contribution in [0.1, 0.15) is 16.3 Å². The Hall–Kier alpha value is -0.380. The summed E-state index contributed by atoms with van der Waals surface area (Å²) in [5, 5.41) is 0.